The molecule has 5 nitrogen and oxygen atoms in total. The first kappa shape index (κ1) is 37.4. The molecule has 0 aromatic heterocycles. The van der Waals surface area contributed by atoms with Crippen LogP contribution in [0.1, 0.15) is 89.5 Å². The highest BCUT2D eigenvalue weighted by Crippen LogP contribution is 2.57. The van der Waals surface area contributed by atoms with Crippen molar-refractivity contribution >= 4 is 33.2 Å². The maximum absolute atomic E-state index is 11.8. The summed E-state index contributed by atoms with van der Waals surface area (Å²) in [6.07, 6.45) is 4.19. The maximum Gasteiger partial charge on any atom is 0.349 e. The minimum absolute atomic E-state index is 0.0523. The standard InChI is InChI=1S/C38H60O5Si2/c1-28(21-20-26-33(39)40-13)34-30(3)35(43-45(42-34,37(7,8)9)38(10,11)12)29(2)27-41-44(36(4,5)6,31-22-16-14-17-23-31)32-24-18-15-19-25-32/h14-25,28-30,34-35H,26-27H2,1-13H3/b21-20+/t28-,29+,30+,34-,35+/m0/s1. The highest BCUT2D eigenvalue weighted by molar-refractivity contribution is 6.99. The minimum Gasteiger partial charge on any atom is -0.469 e. The van der Waals surface area contributed by atoms with Crippen molar-refractivity contribution < 1.29 is 22.8 Å². The zero-order chi connectivity index (χ0) is 33.8. The van der Waals surface area contributed by atoms with E-state index >= 15 is 0 Å². The Bertz CT molecular complexity index is 1200. The van der Waals surface area contributed by atoms with Gasteiger partial charge in [-0.2, -0.15) is 0 Å². The summed E-state index contributed by atoms with van der Waals surface area (Å²) >= 11 is 0. The molecular weight excluding hydrogens is 593 g/mol. The Morgan fingerprint density at radius 2 is 1.31 bits per heavy atom. The monoisotopic (exact) mass is 652 g/mol. The number of esters is 1. The maximum atomic E-state index is 11.8. The van der Waals surface area contributed by atoms with Gasteiger partial charge in [0.2, 0.25) is 0 Å². The normalized spacial score (nSPS) is 22.6. The van der Waals surface area contributed by atoms with E-state index < -0.39 is 16.9 Å². The molecule has 2 aromatic rings. The van der Waals surface area contributed by atoms with Crippen molar-refractivity contribution in [2.75, 3.05) is 13.7 Å². The van der Waals surface area contributed by atoms with Gasteiger partial charge in [-0.05, 0) is 21.3 Å². The highest BCUT2D eigenvalue weighted by atomic mass is 28.4. The van der Waals surface area contributed by atoms with Gasteiger partial charge in [0.05, 0.1) is 25.7 Å². The zero-order valence-corrected chi connectivity index (χ0v) is 32.3. The third kappa shape index (κ3) is 7.75. The second-order valence-electron chi connectivity index (χ2n) is 16.2. The largest absolute Gasteiger partial charge is 0.469 e. The van der Waals surface area contributed by atoms with Gasteiger partial charge in [0.1, 0.15) is 0 Å². The van der Waals surface area contributed by atoms with Crippen LogP contribution in [-0.2, 0) is 22.8 Å². The van der Waals surface area contributed by atoms with Crippen molar-refractivity contribution in [2.24, 2.45) is 17.8 Å². The quantitative estimate of drug-likeness (QED) is 0.147. The Labute approximate surface area is 276 Å². The lowest BCUT2D eigenvalue weighted by Gasteiger charge is -2.58. The topological polar surface area (TPSA) is 54.0 Å². The number of rotatable bonds is 10. The van der Waals surface area contributed by atoms with E-state index in [9.17, 15) is 4.79 Å². The van der Waals surface area contributed by atoms with Gasteiger partial charge in [-0.1, -0.05) is 156 Å². The summed E-state index contributed by atoms with van der Waals surface area (Å²) in [5, 5.41) is 2.12. The van der Waals surface area contributed by atoms with Crippen molar-refractivity contribution in [1.29, 1.82) is 0 Å². The molecule has 3 rings (SSSR count). The van der Waals surface area contributed by atoms with Crippen LogP contribution in [0.4, 0.5) is 0 Å². The first-order valence-corrected chi connectivity index (χ1v) is 20.4. The third-order valence-electron chi connectivity index (χ3n) is 9.63. The zero-order valence-electron chi connectivity index (χ0n) is 30.3. The summed E-state index contributed by atoms with van der Waals surface area (Å²) in [5.41, 5.74) is 0. The Morgan fingerprint density at radius 1 is 0.844 bits per heavy atom. The van der Waals surface area contributed by atoms with Crippen LogP contribution in [0, 0.1) is 17.8 Å². The molecule has 0 radical (unpaired) electrons. The first-order valence-electron chi connectivity index (χ1n) is 16.7. The summed E-state index contributed by atoms with van der Waals surface area (Å²) < 4.78 is 27.0. The van der Waals surface area contributed by atoms with Gasteiger partial charge in [0.15, 0.2) is 0 Å². The summed E-state index contributed by atoms with van der Waals surface area (Å²) in [7, 11) is -4.14. The molecule has 1 heterocycles. The van der Waals surface area contributed by atoms with E-state index in [0.29, 0.717) is 6.61 Å². The Kier molecular flexibility index (Phi) is 12.0. The fourth-order valence-corrected chi connectivity index (χ4v) is 17.6. The molecule has 5 atom stereocenters. The number of methoxy groups -OCH3 is 1. The Balaban J connectivity index is 2.07. The molecule has 1 aliphatic heterocycles. The van der Waals surface area contributed by atoms with Gasteiger partial charge in [-0.25, -0.2) is 0 Å². The molecule has 7 heteroatoms. The number of carbonyl (C=O) groups excluding carboxylic acids is 1. The van der Waals surface area contributed by atoms with E-state index in [1.165, 1.54) is 17.5 Å². The van der Waals surface area contributed by atoms with E-state index in [2.05, 4.69) is 150 Å². The predicted molar refractivity (Wildman–Crippen MR) is 192 cm³/mol. The molecule has 0 bridgehead atoms. The highest BCUT2D eigenvalue weighted by Gasteiger charge is 2.64. The molecular formula is C38H60O5Si2. The van der Waals surface area contributed by atoms with Crippen LogP contribution < -0.4 is 10.4 Å². The molecule has 0 aliphatic carbocycles. The third-order valence-corrected chi connectivity index (χ3v) is 19.8. The fraction of sp³-hybridized carbons (Fsp3) is 0.605. The predicted octanol–water partition coefficient (Wildman–Crippen LogP) is 8.42. The molecule has 1 saturated heterocycles. The smallest absolute Gasteiger partial charge is 0.349 e. The lowest BCUT2D eigenvalue weighted by Crippen LogP contribution is -2.69. The molecule has 0 N–H and O–H groups in total. The minimum atomic E-state index is -2.86. The van der Waals surface area contributed by atoms with E-state index in [1.807, 2.05) is 6.08 Å². The lowest BCUT2D eigenvalue weighted by atomic mass is 9.84. The number of hydrogen-bond donors (Lipinski definition) is 0. The molecule has 0 spiro atoms. The molecule has 0 amide bonds. The molecule has 0 saturated carbocycles. The van der Waals surface area contributed by atoms with Gasteiger partial charge in [-0.15, -0.1) is 0 Å². The lowest BCUT2D eigenvalue weighted by molar-refractivity contribution is -0.139. The van der Waals surface area contributed by atoms with Crippen LogP contribution in [0.5, 0.6) is 0 Å². The van der Waals surface area contributed by atoms with Crippen LogP contribution in [0.15, 0.2) is 72.8 Å². The summed E-state index contributed by atoms with van der Waals surface area (Å²) in [6.45, 7) is 28.0. The number of hydrogen-bond acceptors (Lipinski definition) is 5. The van der Waals surface area contributed by atoms with E-state index in [1.54, 1.807) is 0 Å². The molecule has 1 aliphatic rings. The SMILES string of the molecule is COC(=O)C/C=C/[C@H](C)[C@@H]1O[Si](C(C)(C)C)(C(C)(C)C)O[C@H]([C@H](C)CO[Si](c2ccccc2)(c2ccccc2)C(C)(C)C)[C@@H]1C. The van der Waals surface area contributed by atoms with Gasteiger partial charge in [-0.3, -0.25) is 4.79 Å². The number of ether oxygens (including phenoxy) is 1. The Hall–Kier alpha value is -2.04. The van der Waals surface area contributed by atoms with E-state index in [0.717, 1.165) is 0 Å². The van der Waals surface area contributed by atoms with Crippen LogP contribution in [0.25, 0.3) is 0 Å². The fourth-order valence-electron chi connectivity index (χ4n) is 7.55. The summed E-state index contributed by atoms with van der Waals surface area (Å²) in [4.78, 5) is 11.8. The van der Waals surface area contributed by atoms with E-state index in [4.69, 9.17) is 18.0 Å². The van der Waals surface area contributed by atoms with Crippen LogP contribution in [0.2, 0.25) is 15.1 Å². The second kappa shape index (κ2) is 14.4. The van der Waals surface area contributed by atoms with Gasteiger partial charge < -0.3 is 18.0 Å². The number of benzene rings is 2. The van der Waals surface area contributed by atoms with Crippen molar-refractivity contribution in [1.82, 2.24) is 0 Å². The van der Waals surface area contributed by atoms with E-state index in [-0.39, 0.29) is 57.5 Å². The van der Waals surface area contributed by atoms with Crippen molar-refractivity contribution in [3.8, 4) is 0 Å². The van der Waals surface area contributed by atoms with Gasteiger partial charge in [0, 0.05) is 28.5 Å². The molecule has 250 valence electrons. The average molecular weight is 653 g/mol. The average Bonchev–Trinajstić information content (AvgIpc) is 2.96. The summed E-state index contributed by atoms with van der Waals surface area (Å²) in [5.74, 6) is 0.0960. The summed E-state index contributed by atoms with van der Waals surface area (Å²) in [6, 6.07) is 21.7. The van der Waals surface area contributed by atoms with Crippen LogP contribution in [0.3, 0.4) is 0 Å². The van der Waals surface area contributed by atoms with Crippen LogP contribution in [-0.4, -0.2) is 48.8 Å². The van der Waals surface area contributed by atoms with Gasteiger partial charge >= 0.3 is 14.5 Å². The molecule has 1 fully saturated rings. The molecule has 2 aromatic carbocycles. The van der Waals surface area contributed by atoms with Crippen molar-refractivity contribution in [3.05, 3.63) is 72.8 Å². The second-order valence-corrected chi connectivity index (χ2v) is 25.2. The Morgan fingerprint density at radius 3 is 1.73 bits per heavy atom. The molecule has 45 heavy (non-hydrogen) atoms. The molecule has 0 unspecified atom stereocenters. The van der Waals surface area contributed by atoms with Gasteiger partial charge in [0.25, 0.3) is 8.32 Å². The van der Waals surface area contributed by atoms with Crippen molar-refractivity contribution in [2.45, 2.75) is 117 Å². The van der Waals surface area contributed by atoms with Crippen LogP contribution >= 0.6 is 0 Å². The number of carbonyl (C=O) groups is 1. The first-order chi connectivity index (χ1) is 20.8. The van der Waals surface area contributed by atoms with Crippen molar-refractivity contribution in [3.63, 3.8) is 0 Å².